The van der Waals surface area contributed by atoms with Gasteiger partial charge in [-0.15, -0.1) is 0 Å². The minimum atomic E-state index is 0.000185. The molecule has 3 aromatic rings. The molecule has 24 heavy (non-hydrogen) atoms. The molecule has 0 bridgehead atoms. The number of benzene rings is 1. The molecule has 1 N–H and O–H groups in total. The van der Waals surface area contributed by atoms with Crippen molar-refractivity contribution in [2.75, 3.05) is 5.32 Å². The number of nitrogens with zero attached hydrogens (tertiary/aromatic N) is 3. The summed E-state index contributed by atoms with van der Waals surface area (Å²) in [5, 5.41) is 9.55. The van der Waals surface area contributed by atoms with E-state index in [4.69, 9.17) is 4.98 Å². The lowest BCUT2D eigenvalue weighted by molar-refractivity contribution is -0.116. The van der Waals surface area contributed by atoms with Crippen molar-refractivity contribution in [1.29, 1.82) is 0 Å². The van der Waals surface area contributed by atoms with Crippen LogP contribution in [0.1, 0.15) is 40.0 Å². The Balaban J connectivity index is 2.06. The molecule has 126 valence electrons. The lowest BCUT2D eigenvalue weighted by Crippen LogP contribution is -2.14. The summed E-state index contributed by atoms with van der Waals surface area (Å²) >= 11 is 0. The second-order valence-electron chi connectivity index (χ2n) is 6.62. The maximum absolute atomic E-state index is 12.2. The van der Waals surface area contributed by atoms with Gasteiger partial charge in [-0.3, -0.25) is 4.79 Å². The van der Waals surface area contributed by atoms with Crippen LogP contribution in [0.15, 0.2) is 30.3 Å². The number of unbranched alkanes of at least 4 members (excludes halogenated alkanes) is 1. The van der Waals surface area contributed by atoms with Crippen LogP contribution in [0.5, 0.6) is 0 Å². The van der Waals surface area contributed by atoms with Gasteiger partial charge in [0.1, 0.15) is 0 Å². The minimum Gasteiger partial charge on any atom is -0.309 e. The fourth-order valence-corrected chi connectivity index (χ4v) is 2.81. The number of aryl methyl sites for hydroxylation is 1. The van der Waals surface area contributed by atoms with Crippen LogP contribution in [0.3, 0.4) is 0 Å². The van der Waals surface area contributed by atoms with Crippen molar-refractivity contribution in [1.82, 2.24) is 14.8 Å². The van der Waals surface area contributed by atoms with Crippen molar-refractivity contribution >= 4 is 33.7 Å². The van der Waals surface area contributed by atoms with E-state index in [0.717, 1.165) is 41.3 Å². The number of hydrogen-bond acceptors (Lipinski definition) is 3. The van der Waals surface area contributed by atoms with Crippen molar-refractivity contribution in [2.45, 2.75) is 46.6 Å². The number of rotatable bonds is 6. The largest absolute Gasteiger partial charge is 0.309 e. The van der Waals surface area contributed by atoms with Gasteiger partial charge in [-0.05, 0) is 24.5 Å². The Morgan fingerprint density at radius 2 is 2.08 bits per heavy atom. The first-order chi connectivity index (χ1) is 11.6. The van der Waals surface area contributed by atoms with Crippen LogP contribution >= 0.6 is 0 Å². The lowest BCUT2D eigenvalue weighted by Gasteiger charge is -2.05. The van der Waals surface area contributed by atoms with Gasteiger partial charge < -0.3 is 5.32 Å². The highest BCUT2D eigenvalue weighted by Gasteiger charge is 2.15. The van der Waals surface area contributed by atoms with Crippen LogP contribution < -0.4 is 5.32 Å². The molecule has 1 amide bonds. The number of amides is 1. The van der Waals surface area contributed by atoms with Gasteiger partial charge in [0.2, 0.25) is 5.91 Å². The van der Waals surface area contributed by atoms with E-state index in [2.05, 4.69) is 23.4 Å². The highest BCUT2D eigenvalue weighted by molar-refractivity contribution is 6.02. The first-order valence-electron chi connectivity index (χ1n) is 8.64. The molecule has 3 rings (SSSR count). The number of aromatic nitrogens is 3. The predicted molar refractivity (Wildman–Crippen MR) is 98.0 cm³/mol. The molecule has 2 aromatic heterocycles. The van der Waals surface area contributed by atoms with Gasteiger partial charge in [0.05, 0.1) is 10.9 Å². The third kappa shape index (κ3) is 3.40. The highest BCUT2D eigenvalue weighted by atomic mass is 16.1. The van der Waals surface area contributed by atoms with Gasteiger partial charge in [-0.2, -0.15) is 5.10 Å². The van der Waals surface area contributed by atoms with Crippen molar-refractivity contribution in [3.8, 4) is 0 Å². The summed E-state index contributed by atoms with van der Waals surface area (Å²) in [7, 11) is 0. The summed E-state index contributed by atoms with van der Waals surface area (Å²) in [4.78, 5) is 16.9. The zero-order valence-electron chi connectivity index (χ0n) is 14.5. The normalized spacial score (nSPS) is 11.5. The maximum atomic E-state index is 12.2. The fraction of sp³-hybridized carbons (Fsp3) is 0.421. The van der Waals surface area contributed by atoms with Crippen LogP contribution in [0.4, 0.5) is 5.82 Å². The number of carbonyl (C=O) groups excluding carboxylic acids is 1. The summed E-state index contributed by atoms with van der Waals surface area (Å²) in [6.07, 6.45) is 2.61. The number of pyridine rings is 1. The summed E-state index contributed by atoms with van der Waals surface area (Å²) in [6.45, 7) is 7.03. The molecule has 0 radical (unpaired) electrons. The van der Waals surface area contributed by atoms with E-state index in [1.165, 1.54) is 0 Å². The molecular weight excluding hydrogens is 300 g/mol. The smallest absolute Gasteiger partial charge is 0.225 e. The molecule has 5 nitrogen and oxygen atoms in total. The van der Waals surface area contributed by atoms with E-state index in [1.54, 1.807) is 0 Å². The van der Waals surface area contributed by atoms with Gasteiger partial charge in [0, 0.05) is 18.4 Å². The zero-order valence-corrected chi connectivity index (χ0v) is 14.5. The van der Waals surface area contributed by atoms with E-state index < -0.39 is 0 Å². The molecule has 0 atom stereocenters. The maximum Gasteiger partial charge on any atom is 0.225 e. The van der Waals surface area contributed by atoms with E-state index in [-0.39, 0.29) is 5.91 Å². The average Bonchev–Trinajstić information content (AvgIpc) is 2.87. The van der Waals surface area contributed by atoms with Crippen LogP contribution in [-0.4, -0.2) is 20.7 Å². The number of carbonyl (C=O) groups is 1. The zero-order chi connectivity index (χ0) is 17.1. The Bertz CT molecular complexity index is 866. The average molecular weight is 324 g/mol. The van der Waals surface area contributed by atoms with E-state index in [9.17, 15) is 4.79 Å². The van der Waals surface area contributed by atoms with Crippen LogP contribution in [-0.2, 0) is 11.3 Å². The molecule has 0 saturated carbocycles. The SMILES string of the molecule is CCCCn1nc(NC(=O)CC(C)C)c2cc3ccccc3nc21. The second-order valence-corrected chi connectivity index (χ2v) is 6.62. The fourth-order valence-electron chi connectivity index (χ4n) is 2.81. The third-order valence-corrected chi connectivity index (χ3v) is 4.00. The van der Waals surface area contributed by atoms with E-state index in [0.29, 0.717) is 18.2 Å². The Hall–Kier alpha value is -2.43. The Morgan fingerprint density at radius 1 is 1.29 bits per heavy atom. The van der Waals surface area contributed by atoms with Crippen molar-refractivity contribution < 1.29 is 4.79 Å². The first kappa shape index (κ1) is 16.4. The molecule has 5 heteroatoms. The van der Waals surface area contributed by atoms with Crippen molar-refractivity contribution in [3.63, 3.8) is 0 Å². The van der Waals surface area contributed by atoms with Gasteiger partial charge >= 0.3 is 0 Å². The molecule has 2 heterocycles. The second kappa shape index (κ2) is 6.99. The van der Waals surface area contributed by atoms with E-state index >= 15 is 0 Å². The quantitative estimate of drug-likeness (QED) is 0.732. The van der Waals surface area contributed by atoms with Crippen molar-refractivity contribution in [2.24, 2.45) is 5.92 Å². The van der Waals surface area contributed by atoms with Gasteiger partial charge in [0.15, 0.2) is 11.5 Å². The van der Waals surface area contributed by atoms with E-state index in [1.807, 2.05) is 42.8 Å². The van der Waals surface area contributed by atoms with Crippen LogP contribution in [0.2, 0.25) is 0 Å². The summed E-state index contributed by atoms with van der Waals surface area (Å²) < 4.78 is 1.91. The Labute approximate surface area is 142 Å². The monoisotopic (exact) mass is 324 g/mol. The summed E-state index contributed by atoms with van der Waals surface area (Å²) in [6, 6.07) is 10.1. The highest BCUT2D eigenvalue weighted by Crippen LogP contribution is 2.26. The Morgan fingerprint density at radius 3 is 2.83 bits per heavy atom. The van der Waals surface area contributed by atoms with Gasteiger partial charge in [0.25, 0.3) is 0 Å². The van der Waals surface area contributed by atoms with Gasteiger partial charge in [-0.1, -0.05) is 45.4 Å². The van der Waals surface area contributed by atoms with Crippen LogP contribution in [0.25, 0.3) is 21.9 Å². The number of nitrogens with one attached hydrogen (secondary N) is 1. The van der Waals surface area contributed by atoms with Crippen LogP contribution in [0, 0.1) is 5.92 Å². The molecule has 0 aliphatic rings. The molecule has 0 saturated heterocycles. The molecule has 0 unspecified atom stereocenters. The lowest BCUT2D eigenvalue weighted by atomic mass is 10.1. The third-order valence-electron chi connectivity index (χ3n) is 4.00. The molecular formula is C19H24N4O. The van der Waals surface area contributed by atoms with Gasteiger partial charge in [-0.25, -0.2) is 9.67 Å². The Kier molecular flexibility index (Phi) is 4.79. The topological polar surface area (TPSA) is 59.8 Å². The molecule has 1 aromatic carbocycles. The standard InChI is InChI=1S/C19H24N4O/c1-4-5-10-23-19-15(12-14-8-6-7-9-16(14)20-19)18(22-23)21-17(24)11-13(2)3/h6-9,12-13H,4-5,10-11H2,1-3H3,(H,21,22,24). The molecule has 0 aliphatic carbocycles. The number of hydrogen-bond donors (Lipinski definition) is 1. The molecule has 0 spiro atoms. The predicted octanol–water partition coefficient (Wildman–Crippen LogP) is 4.37. The first-order valence-corrected chi connectivity index (χ1v) is 8.64. The summed E-state index contributed by atoms with van der Waals surface area (Å²) in [5.41, 5.74) is 1.78. The molecule has 0 aliphatic heterocycles. The minimum absolute atomic E-state index is 0.000185. The van der Waals surface area contributed by atoms with Crippen molar-refractivity contribution in [3.05, 3.63) is 30.3 Å². The number of para-hydroxylation sites is 1. The summed E-state index contributed by atoms with van der Waals surface area (Å²) in [5.74, 6) is 0.933. The molecule has 0 fully saturated rings. The number of fused-ring (bicyclic) bond motifs is 2. The number of anilines is 1.